The van der Waals surface area contributed by atoms with Crippen LogP contribution >= 0.6 is 0 Å². The Balaban J connectivity index is 2.43. The molecule has 1 aliphatic rings. The number of hydrogen-bond donors (Lipinski definition) is 0. The lowest BCUT2D eigenvalue weighted by atomic mass is 10.0. The van der Waals surface area contributed by atoms with Gasteiger partial charge in [0, 0.05) is 17.0 Å². The van der Waals surface area contributed by atoms with Gasteiger partial charge in [-0.1, -0.05) is 6.92 Å². The Morgan fingerprint density at radius 1 is 1.07 bits per heavy atom. The Labute approximate surface area is 165 Å². The molecular weight excluding hydrogens is 364 g/mol. The minimum Gasteiger partial charge on any atom is -0.475 e. The van der Waals surface area contributed by atoms with Gasteiger partial charge >= 0.3 is 11.9 Å². The van der Waals surface area contributed by atoms with Crippen molar-refractivity contribution < 1.29 is 33.3 Å². The molecule has 154 valence electrons. The topological polar surface area (TPSA) is 88.1 Å². The Kier molecular flexibility index (Phi) is 7.05. The first kappa shape index (κ1) is 21.7. The molecule has 0 aliphatic heterocycles. The van der Waals surface area contributed by atoms with Gasteiger partial charge in [0.15, 0.2) is 29.5 Å². The molecule has 1 aromatic carbocycles. The summed E-state index contributed by atoms with van der Waals surface area (Å²) in [5, 5.41) is 0. The van der Waals surface area contributed by atoms with Crippen molar-refractivity contribution in [3.63, 3.8) is 0 Å². The highest BCUT2D eigenvalue weighted by atomic mass is 16.6. The van der Waals surface area contributed by atoms with Gasteiger partial charge in [-0.25, -0.2) is 9.59 Å². The molecule has 2 rings (SSSR count). The number of esters is 2. The van der Waals surface area contributed by atoms with E-state index >= 15 is 0 Å². The van der Waals surface area contributed by atoms with Gasteiger partial charge in [0.05, 0.1) is 13.2 Å². The number of rotatable bonds is 8. The van der Waals surface area contributed by atoms with Crippen LogP contribution in [0.2, 0.25) is 0 Å². The molecule has 0 heterocycles. The molecule has 0 bridgehead atoms. The lowest BCUT2D eigenvalue weighted by Crippen LogP contribution is -2.29. The highest BCUT2D eigenvalue weighted by Crippen LogP contribution is 2.41. The smallest absolute Gasteiger partial charge is 0.347 e. The second-order valence-electron chi connectivity index (χ2n) is 6.86. The van der Waals surface area contributed by atoms with E-state index in [1.807, 2.05) is 6.92 Å². The zero-order valence-electron chi connectivity index (χ0n) is 17.3. The molecule has 0 saturated carbocycles. The van der Waals surface area contributed by atoms with Crippen LogP contribution in [-0.2, 0) is 25.5 Å². The SMILES string of the molecule is CCOC(=O)[C@@H](C)Oc1cc2c(c(C)c1O[C@H](C)C(=O)OCC)C(=O)C(C)C2. The van der Waals surface area contributed by atoms with Crippen LogP contribution in [0.1, 0.15) is 56.1 Å². The third kappa shape index (κ3) is 4.46. The Bertz CT molecular complexity index is 769. The van der Waals surface area contributed by atoms with Gasteiger partial charge in [0.2, 0.25) is 0 Å². The highest BCUT2D eigenvalue weighted by Gasteiger charge is 2.33. The maximum atomic E-state index is 12.6. The number of carbonyl (C=O) groups is 3. The second kappa shape index (κ2) is 9.08. The molecule has 7 heteroatoms. The number of ketones is 1. The summed E-state index contributed by atoms with van der Waals surface area (Å²) in [6.07, 6.45) is -1.18. The van der Waals surface area contributed by atoms with Crippen LogP contribution in [0.3, 0.4) is 0 Å². The molecular formula is C21H28O7. The average Bonchev–Trinajstić information content (AvgIpc) is 2.92. The Hall–Kier alpha value is -2.57. The number of benzene rings is 1. The molecule has 7 nitrogen and oxygen atoms in total. The molecule has 0 N–H and O–H groups in total. The number of ether oxygens (including phenoxy) is 4. The minimum atomic E-state index is -0.897. The van der Waals surface area contributed by atoms with Crippen LogP contribution in [-0.4, -0.2) is 43.1 Å². The first-order valence-electron chi connectivity index (χ1n) is 9.58. The summed E-state index contributed by atoms with van der Waals surface area (Å²) >= 11 is 0. The summed E-state index contributed by atoms with van der Waals surface area (Å²) in [6, 6.07) is 1.71. The van der Waals surface area contributed by atoms with E-state index in [-0.39, 0.29) is 30.7 Å². The van der Waals surface area contributed by atoms with E-state index < -0.39 is 24.1 Å². The van der Waals surface area contributed by atoms with Gasteiger partial charge in [-0.2, -0.15) is 0 Å². The molecule has 0 radical (unpaired) electrons. The van der Waals surface area contributed by atoms with Crippen LogP contribution in [0.4, 0.5) is 0 Å². The van der Waals surface area contributed by atoms with Gasteiger partial charge in [0.1, 0.15) is 0 Å². The predicted molar refractivity (Wildman–Crippen MR) is 102 cm³/mol. The van der Waals surface area contributed by atoms with E-state index in [2.05, 4.69) is 0 Å². The van der Waals surface area contributed by atoms with E-state index in [4.69, 9.17) is 18.9 Å². The third-order valence-corrected chi connectivity index (χ3v) is 4.62. The molecule has 0 aromatic heterocycles. The van der Waals surface area contributed by atoms with Crippen molar-refractivity contribution in [3.8, 4) is 11.5 Å². The van der Waals surface area contributed by atoms with Gasteiger partial charge in [0.25, 0.3) is 0 Å². The number of Topliss-reactive ketones (excluding diaryl/α,β-unsaturated/α-hetero) is 1. The van der Waals surface area contributed by atoms with Crippen LogP contribution in [0.15, 0.2) is 6.07 Å². The molecule has 1 aliphatic carbocycles. The van der Waals surface area contributed by atoms with Gasteiger partial charge in [-0.3, -0.25) is 4.79 Å². The molecule has 0 spiro atoms. The standard InChI is InChI=1S/C21H28O7/c1-7-25-20(23)13(5)27-16-10-15-9-11(3)18(22)17(15)12(4)19(16)28-14(6)21(24)26-8-2/h10-11,13-14H,7-9H2,1-6H3/t11?,13-,14-/m1/s1. The van der Waals surface area contributed by atoms with Crippen molar-refractivity contribution in [2.24, 2.45) is 5.92 Å². The van der Waals surface area contributed by atoms with Crippen LogP contribution in [0.25, 0.3) is 0 Å². The van der Waals surface area contributed by atoms with Crippen molar-refractivity contribution in [1.82, 2.24) is 0 Å². The summed E-state index contributed by atoms with van der Waals surface area (Å²) in [7, 11) is 0. The fraction of sp³-hybridized carbons (Fsp3) is 0.571. The van der Waals surface area contributed by atoms with E-state index in [9.17, 15) is 14.4 Å². The molecule has 28 heavy (non-hydrogen) atoms. The predicted octanol–water partition coefficient (Wildman–Crippen LogP) is 3.03. The van der Waals surface area contributed by atoms with E-state index in [0.29, 0.717) is 23.3 Å². The fourth-order valence-corrected chi connectivity index (χ4v) is 3.22. The molecule has 0 fully saturated rings. The number of fused-ring (bicyclic) bond motifs is 1. The van der Waals surface area contributed by atoms with Crippen molar-refractivity contribution in [2.75, 3.05) is 13.2 Å². The monoisotopic (exact) mass is 392 g/mol. The number of hydrogen-bond acceptors (Lipinski definition) is 7. The average molecular weight is 392 g/mol. The van der Waals surface area contributed by atoms with E-state index in [1.165, 1.54) is 0 Å². The van der Waals surface area contributed by atoms with Crippen LogP contribution < -0.4 is 9.47 Å². The molecule has 0 amide bonds. The summed E-state index contributed by atoms with van der Waals surface area (Å²) in [4.78, 5) is 36.5. The highest BCUT2D eigenvalue weighted by molar-refractivity contribution is 6.04. The zero-order valence-corrected chi connectivity index (χ0v) is 17.3. The first-order valence-corrected chi connectivity index (χ1v) is 9.58. The minimum absolute atomic E-state index is 0.0335. The second-order valence-corrected chi connectivity index (χ2v) is 6.86. The van der Waals surface area contributed by atoms with Crippen molar-refractivity contribution in [2.45, 2.75) is 60.2 Å². The van der Waals surface area contributed by atoms with Crippen LogP contribution in [0.5, 0.6) is 11.5 Å². The zero-order chi connectivity index (χ0) is 21.0. The fourth-order valence-electron chi connectivity index (χ4n) is 3.22. The lowest BCUT2D eigenvalue weighted by Gasteiger charge is -2.22. The van der Waals surface area contributed by atoms with E-state index in [0.717, 1.165) is 5.56 Å². The molecule has 3 atom stereocenters. The lowest BCUT2D eigenvalue weighted by molar-refractivity contribution is -0.152. The normalized spacial score (nSPS) is 17.5. The van der Waals surface area contributed by atoms with Gasteiger partial charge in [-0.15, -0.1) is 0 Å². The molecule has 1 aromatic rings. The third-order valence-electron chi connectivity index (χ3n) is 4.62. The van der Waals surface area contributed by atoms with Gasteiger partial charge < -0.3 is 18.9 Å². The van der Waals surface area contributed by atoms with E-state index in [1.54, 1.807) is 40.7 Å². The maximum absolute atomic E-state index is 12.6. The summed E-state index contributed by atoms with van der Waals surface area (Å²) in [5.41, 5.74) is 2.03. The Morgan fingerprint density at radius 3 is 2.14 bits per heavy atom. The van der Waals surface area contributed by atoms with Crippen molar-refractivity contribution in [1.29, 1.82) is 0 Å². The van der Waals surface area contributed by atoms with Gasteiger partial charge in [-0.05, 0) is 52.7 Å². The molecule has 0 saturated heterocycles. The van der Waals surface area contributed by atoms with Crippen molar-refractivity contribution >= 4 is 17.7 Å². The Morgan fingerprint density at radius 2 is 1.61 bits per heavy atom. The first-order chi connectivity index (χ1) is 13.2. The molecule has 1 unspecified atom stereocenters. The maximum Gasteiger partial charge on any atom is 0.347 e. The summed E-state index contributed by atoms with van der Waals surface area (Å²) < 4.78 is 21.6. The van der Waals surface area contributed by atoms with Crippen molar-refractivity contribution in [3.05, 3.63) is 22.8 Å². The largest absolute Gasteiger partial charge is 0.475 e. The number of carbonyl (C=O) groups excluding carboxylic acids is 3. The summed E-state index contributed by atoms with van der Waals surface area (Å²) in [6.45, 7) is 10.7. The van der Waals surface area contributed by atoms with Crippen LogP contribution in [0, 0.1) is 12.8 Å². The summed E-state index contributed by atoms with van der Waals surface area (Å²) in [5.74, 6) is -0.568. The quantitative estimate of drug-likeness (QED) is 0.628.